The molecule has 0 saturated heterocycles. The summed E-state index contributed by atoms with van der Waals surface area (Å²) in [6.45, 7) is 2.05. The van der Waals surface area contributed by atoms with E-state index in [-0.39, 0.29) is 0 Å². The van der Waals surface area contributed by atoms with Crippen LogP contribution in [0.15, 0.2) is 169 Å². The predicted octanol–water partition coefficient (Wildman–Crippen LogP) is 9.96. The van der Waals surface area contributed by atoms with Gasteiger partial charge in [0.2, 0.25) is 0 Å². The number of hydrogen-bond acceptors (Lipinski definition) is 0. The van der Waals surface area contributed by atoms with Gasteiger partial charge in [0, 0.05) is 5.92 Å². The molecule has 0 spiro atoms. The first-order valence-corrected chi connectivity index (χ1v) is 13.9. The van der Waals surface area contributed by atoms with Crippen molar-refractivity contribution in [2.24, 2.45) is 0 Å². The van der Waals surface area contributed by atoms with E-state index in [0.717, 1.165) is 12.0 Å². The minimum Gasteiger partial charge on any atom is -0.131 e. The van der Waals surface area contributed by atoms with E-state index >= 15 is 0 Å². The van der Waals surface area contributed by atoms with Crippen molar-refractivity contribution in [3.8, 4) is 0 Å². The molecule has 40 heavy (non-hydrogen) atoms. The van der Waals surface area contributed by atoms with Crippen LogP contribution in [0, 0.1) is 0 Å². The highest BCUT2D eigenvalue weighted by atomic mass is 14.2. The number of benzene rings is 4. The molecule has 192 valence electrons. The van der Waals surface area contributed by atoms with Crippen molar-refractivity contribution < 1.29 is 0 Å². The van der Waals surface area contributed by atoms with E-state index in [0.29, 0.717) is 5.92 Å². The van der Waals surface area contributed by atoms with Gasteiger partial charge in [-0.2, -0.15) is 0 Å². The topological polar surface area (TPSA) is 0 Å². The summed E-state index contributed by atoms with van der Waals surface area (Å²) in [5.74, 6) is 1.97. The third kappa shape index (κ3) is 6.68. The summed E-state index contributed by atoms with van der Waals surface area (Å²) in [5, 5.41) is 0. The molecule has 0 amide bonds. The summed E-state index contributed by atoms with van der Waals surface area (Å²) in [6, 6.07) is 40.7. The van der Waals surface area contributed by atoms with Crippen molar-refractivity contribution in [1.82, 2.24) is 0 Å². The summed E-state index contributed by atoms with van der Waals surface area (Å²) in [6.07, 6.45) is 16.5. The van der Waals surface area contributed by atoms with E-state index in [9.17, 15) is 0 Å². The van der Waals surface area contributed by atoms with Crippen molar-refractivity contribution >= 4 is 25.1 Å². The summed E-state index contributed by atoms with van der Waals surface area (Å²) in [5.41, 5.74) is 10.9. The minimum atomic E-state index is 0.364. The van der Waals surface area contributed by atoms with E-state index in [1.807, 2.05) is 12.1 Å². The molecular weight excluding hydrogens is 479 g/mol. The fourth-order valence-electron chi connectivity index (χ4n) is 5.13. The first kappa shape index (κ1) is 27.0. The van der Waals surface area contributed by atoms with Crippen LogP contribution in [-0.2, 0) is 0 Å². The molecule has 5 rings (SSSR count). The van der Waals surface area contributed by atoms with Gasteiger partial charge in [0.05, 0.1) is 0 Å². The molecule has 1 unspecified atom stereocenters. The van der Waals surface area contributed by atoms with E-state index < -0.39 is 0 Å². The van der Waals surface area contributed by atoms with Gasteiger partial charge >= 0.3 is 0 Å². The second-order valence-electron chi connectivity index (χ2n) is 9.89. The molecule has 4 aromatic carbocycles. The molecule has 0 saturated carbocycles. The van der Waals surface area contributed by atoms with Gasteiger partial charge in [-0.3, -0.25) is 0 Å². The average molecular weight is 513 g/mol. The minimum absolute atomic E-state index is 0.364. The molecule has 1 aliphatic rings. The van der Waals surface area contributed by atoms with Crippen LogP contribution in [0.25, 0.3) is 17.2 Å². The van der Waals surface area contributed by atoms with Crippen LogP contribution >= 0.6 is 0 Å². The molecule has 1 aliphatic carbocycles. The largest absolute Gasteiger partial charge is 0.131 e. The lowest BCUT2D eigenvalue weighted by molar-refractivity contribution is 0.848. The fraction of sp³-hybridized carbons (Fsp3) is 0.0769. The summed E-state index contributed by atoms with van der Waals surface area (Å²) < 4.78 is 0. The Bertz CT molecular complexity index is 1540. The standard InChI is InChI=1S/C39H33B/c1-2-32(26-27-40)38(35-12-6-3-7-13-35)28-30-18-22-33(23-19-30)34-24-20-31(21-25-34)29-39(36-14-8-4-9-15-36)37-16-10-5-11-17-37/h2-22,24-29,33H,23H2,1H3/b27-26-,32-2+,38-28-. The molecule has 1 atom stereocenters. The number of allylic oxidation sites excluding steroid dienone is 9. The zero-order chi connectivity index (χ0) is 27.6. The Hall–Kier alpha value is -4.62. The lowest BCUT2D eigenvalue weighted by Gasteiger charge is -2.17. The van der Waals surface area contributed by atoms with E-state index in [1.165, 1.54) is 44.5 Å². The molecule has 0 aliphatic heterocycles. The highest BCUT2D eigenvalue weighted by Gasteiger charge is 2.13. The van der Waals surface area contributed by atoms with Gasteiger partial charge in [0.25, 0.3) is 0 Å². The molecule has 0 nitrogen and oxygen atoms in total. The van der Waals surface area contributed by atoms with Crippen LogP contribution in [-0.4, -0.2) is 7.85 Å². The van der Waals surface area contributed by atoms with Gasteiger partial charge in [-0.25, -0.2) is 0 Å². The van der Waals surface area contributed by atoms with Gasteiger partial charge in [-0.05, 0) is 75.6 Å². The summed E-state index contributed by atoms with van der Waals surface area (Å²) >= 11 is 0. The molecule has 2 radical (unpaired) electrons. The Balaban J connectivity index is 1.36. The van der Waals surface area contributed by atoms with Crippen molar-refractivity contribution in [2.75, 3.05) is 0 Å². The maximum atomic E-state index is 5.75. The zero-order valence-electron chi connectivity index (χ0n) is 23.0. The Morgan fingerprint density at radius 3 is 1.77 bits per heavy atom. The fourth-order valence-corrected chi connectivity index (χ4v) is 5.13. The van der Waals surface area contributed by atoms with E-state index in [4.69, 9.17) is 7.85 Å². The van der Waals surface area contributed by atoms with Crippen LogP contribution in [0.1, 0.15) is 47.1 Å². The Morgan fingerprint density at radius 1 is 0.700 bits per heavy atom. The number of hydrogen-bond donors (Lipinski definition) is 0. The molecule has 0 aromatic heterocycles. The molecule has 0 bridgehead atoms. The Kier molecular flexibility index (Phi) is 9.07. The van der Waals surface area contributed by atoms with Crippen molar-refractivity contribution in [1.29, 1.82) is 0 Å². The van der Waals surface area contributed by atoms with Gasteiger partial charge in [0.1, 0.15) is 7.85 Å². The highest BCUT2D eigenvalue weighted by molar-refractivity contribution is 6.17. The zero-order valence-corrected chi connectivity index (χ0v) is 23.0. The molecule has 0 N–H and O–H groups in total. The van der Waals surface area contributed by atoms with Gasteiger partial charge < -0.3 is 0 Å². The van der Waals surface area contributed by atoms with Crippen LogP contribution < -0.4 is 0 Å². The smallest absolute Gasteiger partial charge is 0.102 e. The van der Waals surface area contributed by atoms with Gasteiger partial charge in [-0.1, -0.05) is 146 Å². The Morgan fingerprint density at radius 2 is 1.27 bits per heavy atom. The lowest BCUT2D eigenvalue weighted by atomic mass is 9.87. The monoisotopic (exact) mass is 512 g/mol. The molecule has 0 heterocycles. The van der Waals surface area contributed by atoms with Crippen molar-refractivity contribution in [2.45, 2.75) is 19.3 Å². The van der Waals surface area contributed by atoms with Crippen molar-refractivity contribution in [3.63, 3.8) is 0 Å². The molecular formula is C39H33B. The normalized spacial score (nSPS) is 15.6. The van der Waals surface area contributed by atoms with Crippen LogP contribution in [0.2, 0.25) is 0 Å². The SMILES string of the molecule is [B]\C=C/C(=C\C)C(=C/C1=CCC(c2ccc(C=C(c3ccccc3)c3ccccc3)cc2)C=C1)/c1ccccc1. The maximum Gasteiger partial charge on any atom is 0.102 e. The van der Waals surface area contributed by atoms with E-state index in [2.05, 4.69) is 153 Å². The van der Waals surface area contributed by atoms with Crippen LogP contribution in [0.3, 0.4) is 0 Å². The van der Waals surface area contributed by atoms with Gasteiger partial charge in [-0.15, -0.1) is 5.98 Å². The van der Waals surface area contributed by atoms with Crippen LogP contribution in [0.5, 0.6) is 0 Å². The van der Waals surface area contributed by atoms with Crippen LogP contribution in [0.4, 0.5) is 0 Å². The summed E-state index contributed by atoms with van der Waals surface area (Å²) in [4.78, 5) is 0. The third-order valence-electron chi connectivity index (χ3n) is 7.27. The molecule has 1 heteroatoms. The second-order valence-corrected chi connectivity index (χ2v) is 9.89. The second kappa shape index (κ2) is 13.4. The Labute approximate surface area is 240 Å². The lowest BCUT2D eigenvalue weighted by Crippen LogP contribution is -1.99. The highest BCUT2D eigenvalue weighted by Crippen LogP contribution is 2.32. The molecule has 4 aromatic rings. The maximum absolute atomic E-state index is 5.75. The first-order chi connectivity index (χ1) is 19.7. The summed E-state index contributed by atoms with van der Waals surface area (Å²) in [7, 11) is 5.75. The predicted molar refractivity (Wildman–Crippen MR) is 174 cm³/mol. The molecule has 0 fully saturated rings. The van der Waals surface area contributed by atoms with E-state index in [1.54, 1.807) is 5.98 Å². The average Bonchev–Trinajstić information content (AvgIpc) is 3.03. The van der Waals surface area contributed by atoms with Gasteiger partial charge in [0.15, 0.2) is 0 Å². The quantitative estimate of drug-likeness (QED) is 0.125. The first-order valence-electron chi connectivity index (χ1n) is 13.9. The number of rotatable bonds is 8. The van der Waals surface area contributed by atoms with Crippen molar-refractivity contribution in [3.05, 3.63) is 197 Å². The third-order valence-corrected chi connectivity index (χ3v) is 7.27.